The SMILES string of the molecule is CC(Nc1ccc2c(c1)Cc1cccc(-c3cc(N4CCOCC4)cc(=O)[nH]3)c1O2)c1nccc(C(F)F)n1. The lowest BCUT2D eigenvalue weighted by atomic mass is 9.96. The number of para-hydroxylation sites is 1. The number of fused-ring (bicyclic) bond motifs is 2. The Morgan fingerprint density at radius 1 is 1.05 bits per heavy atom. The van der Waals surface area contributed by atoms with Crippen LogP contribution < -0.4 is 20.5 Å². The first-order chi connectivity index (χ1) is 18.9. The van der Waals surface area contributed by atoms with Crippen LogP contribution >= 0.6 is 0 Å². The van der Waals surface area contributed by atoms with Gasteiger partial charge in [-0.05, 0) is 48.9 Å². The largest absolute Gasteiger partial charge is 0.456 e. The Balaban J connectivity index is 1.25. The summed E-state index contributed by atoms with van der Waals surface area (Å²) < 4.78 is 38.0. The quantitative estimate of drug-likeness (QED) is 0.300. The Morgan fingerprint density at radius 3 is 2.72 bits per heavy atom. The van der Waals surface area contributed by atoms with Crippen LogP contribution in [0.2, 0.25) is 0 Å². The highest BCUT2D eigenvalue weighted by molar-refractivity contribution is 5.74. The molecule has 2 aliphatic heterocycles. The van der Waals surface area contributed by atoms with Crippen molar-refractivity contribution in [2.24, 2.45) is 0 Å². The smallest absolute Gasteiger partial charge is 0.280 e. The van der Waals surface area contributed by atoms with Crippen molar-refractivity contribution in [1.82, 2.24) is 15.0 Å². The summed E-state index contributed by atoms with van der Waals surface area (Å²) in [5.74, 6) is 1.73. The second-order valence-electron chi connectivity index (χ2n) is 9.62. The van der Waals surface area contributed by atoms with E-state index in [-0.39, 0.29) is 17.3 Å². The number of morpholine rings is 1. The zero-order chi connectivity index (χ0) is 26.9. The standard InChI is InChI=1S/C29H27F2N5O3/c1-17(29-32-8-7-23(35-29)28(30)31)33-20-5-6-25-19(14-20)13-18-3-2-4-22(27(18)39-25)24-15-21(16-26(37)34-24)36-9-11-38-12-10-36/h2-8,14-17,28,33H,9-13H2,1H3,(H,34,37). The zero-order valence-electron chi connectivity index (χ0n) is 21.3. The molecular weight excluding hydrogens is 504 g/mol. The summed E-state index contributed by atoms with van der Waals surface area (Å²) in [6.45, 7) is 4.56. The molecule has 6 rings (SSSR count). The van der Waals surface area contributed by atoms with E-state index in [0.717, 1.165) is 46.9 Å². The molecule has 200 valence electrons. The molecule has 2 aromatic heterocycles. The Morgan fingerprint density at radius 2 is 1.90 bits per heavy atom. The highest BCUT2D eigenvalue weighted by Gasteiger charge is 2.23. The lowest BCUT2D eigenvalue weighted by Gasteiger charge is -2.29. The van der Waals surface area contributed by atoms with Gasteiger partial charge in [-0.2, -0.15) is 0 Å². The number of nitrogens with one attached hydrogen (secondary N) is 2. The number of pyridine rings is 1. The number of hydrogen-bond donors (Lipinski definition) is 2. The number of rotatable bonds is 6. The molecule has 0 bridgehead atoms. The van der Waals surface area contributed by atoms with Gasteiger partial charge in [0.2, 0.25) is 5.56 Å². The Hall–Kier alpha value is -4.31. The monoisotopic (exact) mass is 531 g/mol. The Kier molecular flexibility index (Phi) is 6.70. The summed E-state index contributed by atoms with van der Waals surface area (Å²) in [6, 6.07) is 16.1. The number of benzene rings is 2. The van der Waals surface area contributed by atoms with E-state index in [1.807, 2.05) is 49.4 Å². The van der Waals surface area contributed by atoms with E-state index in [9.17, 15) is 13.6 Å². The maximum Gasteiger partial charge on any atom is 0.280 e. The van der Waals surface area contributed by atoms with E-state index in [4.69, 9.17) is 9.47 Å². The van der Waals surface area contributed by atoms with Crippen LogP contribution in [0.3, 0.4) is 0 Å². The Bertz CT molecular complexity index is 1570. The van der Waals surface area contributed by atoms with Gasteiger partial charge in [0.1, 0.15) is 17.2 Å². The van der Waals surface area contributed by atoms with Gasteiger partial charge in [0.15, 0.2) is 5.82 Å². The summed E-state index contributed by atoms with van der Waals surface area (Å²) in [5.41, 5.74) is 4.69. The lowest BCUT2D eigenvalue weighted by Crippen LogP contribution is -2.36. The van der Waals surface area contributed by atoms with Crippen LogP contribution in [0.15, 0.2) is 65.6 Å². The molecule has 0 spiro atoms. The minimum Gasteiger partial charge on any atom is -0.456 e. The normalized spacial score (nSPS) is 15.3. The zero-order valence-corrected chi connectivity index (χ0v) is 21.3. The van der Waals surface area contributed by atoms with Gasteiger partial charge in [-0.1, -0.05) is 12.1 Å². The topological polar surface area (TPSA) is 92.4 Å². The molecule has 1 unspecified atom stereocenters. The van der Waals surface area contributed by atoms with Crippen LogP contribution in [0.25, 0.3) is 11.3 Å². The van der Waals surface area contributed by atoms with E-state index in [1.54, 1.807) is 6.07 Å². The summed E-state index contributed by atoms with van der Waals surface area (Å²) in [6.07, 6.45) is -0.668. The van der Waals surface area contributed by atoms with Gasteiger partial charge in [-0.25, -0.2) is 18.7 Å². The molecule has 2 N–H and O–H groups in total. The first-order valence-corrected chi connectivity index (χ1v) is 12.8. The number of halogens is 2. The van der Waals surface area contributed by atoms with Crippen molar-refractivity contribution >= 4 is 11.4 Å². The summed E-state index contributed by atoms with van der Waals surface area (Å²) in [7, 11) is 0. The van der Waals surface area contributed by atoms with Crippen LogP contribution in [-0.2, 0) is 11.2 Å². The number of hydrogen-bond acceptors (Lipinski definition) is 7. The molecule has 1 saturated heterocycles. The maximum atomic E-state index is 13.1. The molecular formula is C29H27F2N5O3. The molecule has 0 radical (unpaired) electrons. The predicted molar refractivity (Wildman–Crippen MR) is 144 cm³/mol. The molecule has 39 heavy (non-hydrogen) atoms. The maximum absolute atomic E-state index is 13.1. The molecule has 4 aromatic rings. The van der Waals surface area contributed by atoms with Crippen LogP contribution in [-0.4, -0.2) is 41.3 Å². The van der Waals surface area contributed by atoms with Gasteiger partial charge in [-0.3, -0.25) is 4.79 Å². The van der Waals surface area contributed by atoms with E-state index in [2.05, 4.69) is 25.2 Å². The summed E-state index contributed by atoms with van der Waals surface area (Å²) in [5, 5.41) is 3.30. The van der Waals surface area contributed by atoms with E-state index < -0.39 is 6.43 Å². The fourth-order valence-electron chi connectivity index (χ4n) is 4.99. The molecule has 2 aliphatic rings. The van der Waals surface area contributed by atoms with Crippen LogP contribution in [0.5, 0.6) is 11.5 Å². The third-order valence-electron chi connectivity index (χ3n) is 6.94. The molecule has 0 aliphatic carbocycles. The molecule has 0 amide bonds. The molecule has 10 heteroatoms. The first-order valence-electron chi connectivity index (χ1n) is 12.8. The number of ether oxygens (including phenoxy) is 2. The highest BCUT2D eigenvalue weighted by Crippen LogP contribution is 2.43. The second kappa shape index (κ2) is 10.5. The highest BCUT2D eigenvalue weighted by atomic mass is 19.3. The lowest BCUT2D eigenvalue weighted by molar-refractivity contribution is 0.122. The third-order valence-corrected chi connectivity index (χ3v) is 6.94. The van der Waals surface area contributed by atoms with Crippen molar-refractivity contribution in [2.45, 2.75) is 25.8 Å². The van der Waals surface area contributed by atoms with Gasteiger partial charge in [0.25, 0.3) is 6.43 Å². The third kappa shape index (κ3) is 5.20. The second-order valence-corrected chi connectivity index (χ2v) is 9.62. The van der Waals surface area contributed by atoms with E-state index in [0.29, 0.717) is 36.9 Å². The van der Waals surface area contributed by atoms with Crippen molar-refractivity contribution in [3.63, 3.8) is 0 Å². The van der Waals surface area contributed by atoms with Gasteiger partial charge < -0.3 is 24.7 Å². The summed E-state index contributed by atoms with van der Waals surface area (Å²) in [4.78, 5) is 25.8. The molecule has 1 fully saturated rings. The fourth-order valence-corrected chi connectivity index (χ4v) is 4.99. The summed E-state index contributed by atoms with van der Waals surface area (Å²) >= 11 is 0. The first kappa shape index (κ1) is 25.0. The van der Waals surface area contributed by atoms with Crippen LogP contribution in [0.4, 0.5) is 20.2 Å². The minimum absolute atomic E-state index is 0.171. The number of nitrogens with zero attached hydrogens (tertiary/aromatic N) is 3. The number of anilines is 2. The molecule has 2 aromatic carbocycles. The minimum atomic E-state index is -2.65. The average Bonchev–Trinajstić information content (AvgIpc) is 2.96. The van der Waals surface area contributed by atoms with Gasteiger partial charge in [0.05, 0.1) is 24.9 Å². The number of alkyl halides is 2. The molecule has 0 saturated carbocycles. The van der Waals surface area contributed by atoms with Crippen molar-refractivity contribution in [3.05, 3.63) is 93.8 Å². The van der Waals surface area contributed by atoms with Crippen molar-refractivity contribution in [2.75, 3.05) is 36.5 Å². The number of H-pyrrole nitrogens is 1. The molecule has 8 nitrogen and oxygen atoms in total. The van der Waals surface area contributed by atoms with Gasteiger partial charge >= 0.3 is 0 Å². The van der Waals surface area contributed by atoms with Gasteiger partial charge in [-0.15, -0.1) is 0 Å². The average molecular weight is 532 g/mol. The van der Waals surface area contributed by atoms with Crippen molar-refractivity contribution in [3.8, 4) is 22.8 Å². The van der Waals surface area contributed by atoms with Crippen molar-refractivity contribution in [1.29, 1.82) is 0 Å². The Labute approximate surface area is 223 Å². The van der Waals surface area contributed by atoms with Crippen LogP contribution in [0, 0.1) is 0 Å². The van der Waals surface area contributed by atoms with E-state index in [1.165, 1.54) is 12.3 Å². The fraction of sp³-hybridized carbons (Fsp3) is 0.276. The molecule has 1 atom stereocenters. The molecule has 4 heterocycles. The van der Waals surface area contributed by atoms with E-state index >= 15 is 0 Å². The number of aromatic nitrogens is 3. The van der Waals surface area contributed by atoms with Crippen molar-refractivity contribution < 1.29 is 18.3 Å². The van der Waals surface area contributed by atoms with Crippen LogP contribution in [0.1, 0.15) is 42.0 Å². The predicted octanol–water partition coefficient (Wildman–Crippen LogP) is 5.48. The number of aromatic amines is 1. The van der Waals surface area contributed by atoms with Gasteiger partial charge in [0, 0.05) is 54.3 Å².